The number of pyridine rings is 1. The highest BCUT2D eigenvalue weighted by Crippen LogP contribution is 2.30. The summed E-state index contributed by atoms with van der Waals surface area (Å²) in [5.74, 6) is -0.924. The van der Waals surface area contributed by atoms with E-state index in [1.807, 2.05) is 18.2 Å². The molecule has 3 aromatic rings. The fourth-order valence-corrected chi connectivity index (χ4v) is 3.66. The lowest BCUT2D eigenvalue weighted by Gasteiger charge is -2.29. The number of rotatable bonds is 3. The Bertz CT molecular complexity index is 957. The molecule has 0 radical (unpaired) electrons. The van der Waals surface area contributed by atoms with Gasteiger partial charge in [0.2, 0.25) is 0 Å². The van der Waals surface area contributed by atoms with Crippen molar-refractivity contribution in [1.82, 2.24) is 9.88 Å². The zero-order chi connectivity index (χ0) is 17.4. The van der Waals surface area contributed by atoms with Crippen LogP contribution in [0.2, 0.25) is 5.02 Å². The van der Waals surface area contributed by atoms with Gasteiger partial charge in [-0.2, -0.15) is 0 Å². The van der Waals surface area contributed by atoms with Crippen molar-refractivity contribution in [2.45, 2.75) is 19.5 Å². The Balaban J connectivity index is 1.76. The Morgan fingerprint density at radius 3 is 2.76 bits per heavy atom. The van der Waals surface area contributed by atoms with E-state index in [0.717, 1.165) is 30.8 Å². The summed E-state index contributed by atoms with van der Waals surface area (Å²) < 4.78 is 0. The van der Waals surface area contributed by atoms with Gasteiger partial charge in [-0.15, -0.1) is 0 Å². The summed E-state index contributed by atoms with van der Waals surface area (Å²) in [5.41, 5.74) is 3.94. The number of carboxylic acid groups (broad SMARTS) is 1. The monoisotopic (exact) mass is 352 g/mol. The zero-order valence-electron chi connectivity index (χ0n) is 13.6. The molecule has 0 saturated carbocycles. The quantitative estimate of drug-likeness (QED) is 0.769. The maximum absolute atomic E-state index is 12.0. The third-order valence-electron chi connectivity index (χ3n) is 4.64. The van der Waals surface area contributed by atoms with E-state index in [4.69, 9.17) is 16.6 Å². The maximum Gasteiger partial charge on any atom is 0.336 e. The number of halogens is 1. The van der Waals surface area contributed by atoms with E-state index in [1.165, 1.54) is 5.56 Å². The van der Waals surface area contributed by atoms with Crippen LogP contribution in [0.5, 0.6) is 0 Å². The summed E-state index contributed by atoms with van der Waals surface area (Å²) in [6, 6.07) is 15.5. The van der Waals surface area contributed by atoms with Crippen LogP contribution in [0.4, 0.5) is 0 Å². The summed E-state index contributed by atoms with van der Waals surface area (Å²) in [6.07, 6.45) is 0.751. The molecule has 1 aliphatic heterocycles. The first kappa shape index (κ1) is 16.1. The van der Waals surface area contributed by atoms with Gasteiger partial charge in [-0.05, 0) is 23.8 Å². The number of aromatic carboxylic acids is 1. The first-order valence-electron chi connectivity index (χ1n) is 8.22. The summed E-state index contributed by atoms with van der Waals surface area (Å²) in [5, 5.41) is 10.9. The van der Waals surface area contributed by atoms with Gasteiger partial charge in [0.05, 0.1) is 11.1 Å². The molecule has 0 atom stereocenters. The highest BCUT2D eigenvalue weighted by molar-refractivity contribution is 6.31. The van der Waals surface area contributed by atoms with Crippen LogP contribution in [-0.2, 0) is 19.5 Å². The lowest BCUT2D eigenvalue weighted by atomic mass is 9.95. The first-order chi connectivity index (χ1) is 12.1. The topological polar surface area (TPSA) is 53.4 Å². The molecule has 0 fully saturated rings. The van der Waals surface area contributed by atoms with Gasteiger partial charge in [0.1, 0.15) is 0 Å². The lowest BCUT2D eigenvalue weighted by Crippen LogP contribution is -2.32. The minimum absolute atomic E-state index is 0.334. The van der Waals surface area contributed by atoms with Gasteiger partial charge in [-0.25, -0.2) is 4.79 Å². The van der Waals surface area contributed by atoms with Crippen LogP contribution >= 0.6 is 11.6 Å². The van der Waals surface area contributed by atoms with Crippen LogP contribution in [0.1, 0.15) is 27.2 Å². The van der Waals surface area contributed by atoms with Crippen molar-refractivity contribution in [3.8, 4) is 0 Å². The molecular weight excluding hydrogens is 336 g/mol. The summed E-state index contributed by atoms with van der Waals surface area (Å²) in [7, 11) is 0. The average molecular weight is 353 g/mol. The molecule has 1 N–H and O–H groups in total. The molecule has 0 spiro atoms. The predicted molar refractivity (Wildman–Crippen MR) is 98.0 cm³/mol. The molecule has 25 heavy (non-hydrogen) atoms. The van der Waals surface area contributed by atoms with Crippen LogP contribution < -0.4 is 0 Å². The summed E-state index contributed by atoms with van der Waals surface area (Å²) in [4.78, 5) is 18.9. The molecule has 0 unspecified atom stereocenters. The van der Waals surface area contributed by atoms with Crippen LogP contribution in [0, 0.1) is 0 Å². The molecule has 126 valence electrons. The molecule has 0 aliphatic carbocycles. The average Bonchev–Trinajstić information content (AvgIpc) is 2.60. The number of benzene rings is 2. The lowest BCUT2D eigenvalue weighted by molar-refractivity contribution is 0.0695. The van der Waals surface area contributed by atoms with Crippen molar-refractivity contribution in [2.24, 2.45) is 0 Å². The number of aromatic nitrogens is 1. The van der Waals surface area contributed by atoms with E-state index in [0.29, 0.717) is 28.0 Å². The summed E-state index contributed by atoms with van der Waals surface area (Å²) >= 11 is 6.08. The molecular formula is C20H17ClN2O2. The smallest absolute Gasteiger partial charge is 0.336 e. The van der Waals surface area contributed by atoms with Crippen molar-refractivity contribution in [3.63, 3.8) is 0 Å². The van der Waals surface area contributed by atoms with E-state index in [9.17, 15) is 9.90 Å². The van der Waals surface area contributed by atoms with E-state index in [2.05, 4.69) is 17.0 Å². The standard InChI is InChI=1S/C20H17ClN2O2/c21-14-6-7-17-15(10-14)19(20(24)25)16-12-23(9-8-18(16)22-17)11-13-4-2-1-3-5-13/h1-7,10H,8-9,11-12H2,(H,24,25). The predicted octanol–water partition coefficient (Wildman–Crippen LogP) is 4.14. The van der Waals surface area contributed by atoms with Crippen molar-refractivity contribution in [3.05, 3.63) is 75.9 Å². The normalized spacial score (nSPS) is 14.4. The Labute approximate surface area is 150 Å². The van der Waals surface area contributed by atoms with Gasteiger partial charge < -0.3 is 5.11 Å². The summed E-state index contributed by atoms with van der Waals surface area (Å²) in [6.45, 7) is 2.25. The van der Waals surface area contributed by atoms with Crippen molar-refractivity contribution in [2.75, 3.05) is 6.54 Å². The van der Waals surface area contributed by atoms with Crippen molar-refractivity contribution < 1.29 is 9.90 Å². The molecule has 1 aliphatic rings. The van der Waals surface area contributed by atoms with Crippen LogP contribution in [0.3, 0.4) is 0 Å². The Hall–Kier alpha value is -2.43. The Morgan fingerprint density at radius 1 is 1.20 bits per heavy atom. The highest BCUT2D eigenvalue weighted by atomic mass is 35.5. The molecule has 0 saturated heterocycles. The first-order valence-corrected chi connectivity index (χ1v) is 8.60. The van der Waals surface area contributed by atoms with Crippen LogP contribution in [-0.4, -0.2) is 27.5 Å². The van der Waals surface area contributed by atoms with Crippen molar-refractivity contribution in [1.29, 1.82) is 0 Å². The minimum atomic E-state index is -0.924. The zero-order valence-corrected chi connectivity index (χ0v) is 14.3. The number of hydrogen-bond donors (Lipinski definition) is 1. The highest BCUT2D eigenvalue weighted by Gasteiger charge is 2.25. The van der Waals surface area contributed by atoms with Crippen LogP contribution in [0.15, 0.2) is 48.5 Å². The third kappa shape index (κ3) is 3.11. The van der Waals surface area contributed by atoms with Gasteiger partial charge in [0, 0.05) is 47.7 Å². The van der Waals surface area contributed by atoms with Gasteiger partial charge >= 0.3 is 5.97 Å². The fourth-order valence-electron chi connectivity index (χ4n) is 3.49. The molecule has 4 nitrogen and oxygen atoms in total. The van der Waals surface area contributed by atoms with Gasteiger partial charge in [-0.1, -0.05) is 41.9 Å². The van der Waals surface area contributed by atoms with Crippen molar-refractivity contribution >= 4 is 28.5 Å². The molecule has 5 heteroatoms. The number of carboxylic acids is 1. The second-order valence-electron chi connectivity index (χ2n) is 6.32. The van der Waals surface area contributed by atoms with Gasteiger partial charge in [0.25, 0.3) is 0 Å². The largest absolute Gasteiger partial charge is 0.478 e. The molecule has 2 heterocycles. The third-order valence-corrected chi connectivity index (χ3v) is 4.88. The van der Waals surface area contributed by atoms with E-state index in [1.54, 1.807) is 18.2 Å². The Kier molecular flexibility index (Phi) is 4.15. The fraction of sp³-hybridized carbons (Fsp3) is 0.200. The van der Waals surface area contributed by atoms with E-state index in [-0.39, 0.29) is 0 Å². The number of carbonyl (C=O) groups is 1. The second-order valence-corrected chi connectivity index (χ2v) is 6.76. The number of nitrogens with zero attached hydrogens (tertiary/aromatic N) is 2. The molecule has 1 aromatic heterocycles. The molecule has 0 bridgehead atoms. The van der Waals surface area contributed by atoms with E-state index < -0.39 is 5.97 Å². The molecule has 2 aromatic carbocycles. The molecule has 0 amide bonds. The minimum Gasteiger partial charge on any atom is -0.478 e. The number of fused-ring (bicyclic) bond motifs is 2. The van der Waals surface area contributed by atoms with Gasteiger partial charge in [-0.3, -0.25) is 9.88 Å². The number of hydrogen-bond acceptors (Lipinski definition) is 3. The SMILES string of the molecule is O=C(O)c1c2c(nc3ccc(Cl)cc13)CCN(Cc1ccccc1)C2. The second kappa shape index (κ2) is 6.47. The van der Waals surface area contributed by atoms with Gasteiger partial charge in [0.15, 0.2) is 0 Å². The van der Waals surface area contributed by atoms with Crippen LogP contribution in [0.25, 0.3) is 10.9 Å². The molecule has 4 rings (SSSR count). The Morgan fingerprint density at radius 2 is 2.00 bits per heavy atom. The van der Waals surface area contributed by atoms with E-state index >= 15 is 0 Å². The maximum atomic E-state index is 12.0.